The number of rotatable bonds is 8. The molecule has 4 rings (SSSR count). The first-order valence-electron chi connectivity index (χ1n) is 12.4. The van der Waals surface area contributed by atoms with E-state index in [1.165, 1.54) is 32.3 Å². The Morgan fingerprint density at radius 1 is 0.950 bits per heavy atom. The number of hydrogen-bond acceptors (Lipinski definition) is 7. The molecule has 1 amide bonds. The highest BCUT2D eigenvalue weighted by molar-refractivity contribution is 6.52. The molecule has 1 aliphatic heterocycles. The lowest BCUT2D eigenvalue weighted by molar-refractivity contribution is -0.132. The molecule has 8 nitrogen and oxygen atoms in total. The molecule has 1 aliphatic rings. The molecular formula is C30H29Cl2NO7. The Morgan fingerprint density at radius 3 is 2.27 bits per heavy atom. The highest BCUT2D eigenvalue weighted by atomic mass is 35.5. The highest BCUT2D eigenvalue weighted by Crippen LogP contribution is 2.49. The molecule has 1 saturated heterocycles. The topological polar surface area (TPSA) is 94.5 Å². The minimum atomic E-state index is -1.03. The monoisotopic (exact) mass is 585 g/mol. The SMILES string of the molecule is CCOc1cc(C2/C(=C(\O)c3cc(Cl)c(OC)c(Cl)c3OC)C(=O)C(=O)N2c2cccc(C)c2C)ccc1OC. The Morgan fingerprint density at radius 2 is 1.65 bits per heavy atom. The van der Waals surface area contributed by atoms with Crippen LogP contribution in [0.15, 0.2) is 48.0 Å². The van der Waals surface area contributed by atoms with Crippen LogP contribution in [-0.4, -0.2) is 44.7 Å². The predicted molar refractivity (Wildman–Crippen MR) is 154 cm³/mol. The lowest BCUT2D eigenvalue weighted by Gasteiger charge is -2.28. The summed E-state index contributed by atoms with van der Waals surface area (Å²) in [5.41, 5.74) is 2.63. The fraction of sp³-hybridized carbons (Fsp3) is 0.267. The molecule has 1 heterocycles. The van der Waals surface area contributed by atoms with Gasteiger partial charge in [-0.3, -0.25) is 14.5 Å². The van der Waals surface area contributed by atoms with Crippen LogP contribution in [0.2, 0.25) is 10.0 Å². The van der Waals surface area contributed by atoms with Crippen LogP contribution in [0, 0.1) is 13.8 Å². The molecule has 210 valence electrons. The van der Waals surface area contributed by atoms with Crippen molar-refractivity contribution < 1.29 is 33.6 Å². The number of nitrogens with zero attached hydrogens (tertiary/aromatic N) is 1. The van der Waals surface area contributed by atoms with Crippen LogP contribution in [0.25, 0.3) is 5.76 Å². The smallest absolute Gasteiger partial charge is 0.300 e. The van der Waals surface area contributed by atoms with E-state index in [0.29, 0.717) is 29.4 Å². The molecule has 10 heteroatoms. The molecule has 3 aromatic carbocycles. The van der Waals surface area contributed by atoms with Gasteiger partial charge in [-0.25, -0.2) is 0 Å². The Hall–Kier alpha value is -3.88. The Bertz CT molecular complexity index is 1530. The number of methoxy groups -OCH3 is 3. The largest absolute Gasteiger partial charge is 0.507 e. The minimum absolute atomic E-state index is 0.00226. The zero-order valence-electron chi connectivity index (χ0n) is 22.9. The summed E-state index contributed by atoms with van der Waals surface area (Å²) < 4.78 is 22.0. The number of hydrogen-bond donors (Lipinski definition) is 1. The molecule has 1 fully saturated rings. The number of aryl methyl sites for hydroxylation is 1. The number of ether oxygens (including phenoxy) is 4. The van der Waals surface area contributed by atoms with Gasteiger partial charge < -0.3 is 24.1 Å². The van der Waals surface area contributed by atoms with Gasteiger partial charge in [0.1, 0.15) is 10.8 Å². The van der Waals surface area contributed by atoms with Crippen molar-refractivity contribution >= 4 is 46.3 Å². The zero-order valence-corrected chi connectivity index (χ0v) is 24.4. The lowest BCUT2D eigenvalue weighted by Crippen LogP contribution is -2.30. The van der Waals surface area contributed by atoms with Gasteiger partial charge in [-0.1, -0.05) is 41.4 Å². The normalized spacial score (nSPS) is 16.3. The Labute approximate surface area is 242 Å². The average molecular weight is 586 g/mol. The van der Waals surface area contributed by atoms with Crippen molar-refractivity contribution in [2.75, 3.05) is 32.8 Å². The van der Waals surface area contributed by atoms with Gasteiger partial charge >= 0.3 is 0 Å². The average Bonchev–Trinajstić information content (AvgIpc) is 3.19. The molecule has 40 heavy (non-hydrogen) atoms. The lowest BCUT2D eigenvalue weighted by atomic mass is 9.94. The summed E-state index contributed by atoms with van der Waals surface area (Å²) in [4.78, 5) is 28.8. The quantitative estimate of drug-likeness (QED) is 0.179. The summed E-state index contributed by atoms with van der Waals surface area (Å²) in [5.74, 6) is -1.14. The van der Waals surface area contributed by atoms with Crippen LogP contribution in [-0.2, 0) is 9.59 Å². The first kappa shape index (κ1) is 29.1. The van der Waals surface area contributed by atoms with Crippen molar-refractivity contribution in [1.29, 1.82) is 0 Å². The molecule has 0 bridgehead atoms. The number of aliphatic hydroxyl groups is 1. The molecule has 3 aromatic rings. The molecule has 1 unspecified atom stereocenters. The van der Waals surface area contributed by atoms with Gasteiger partial charge in [0.15, 0.2) is 23.0 Å². The number of benzene rings is 3. The summed E-state index contributed by atoms with van der Waals surface area (Å²) >= 11 is 12.9. The fourth-order valence-corrected chi connectivity index (χ4v) is 5.50. The summed E-state index contributed by atoms with van der Waals surface area (Å²) in [6.07, 6.45) is 0. The summed E-state index contributed by atoms with van der Waals surface area (Å²) in [7, 11) is 4.26. The van der Waals surface area contributed by atoms with Gasteiger partial charge in [0.25, 0.3) is 11.7 Å². The van der Waals surface area contributed by atoms with Crippen molar-refractivity contribution in [2.24, 2.45) is 0 Å². The van der Waals surface area contributed by atoms with Crippen molar-refractivity contribution in [3.8, 4) is 23.0 Å². The zero-order chi connectivity index (χ0) is 29.3. The number of amides is 1. The standard InChI is InChI=1S/C30H29Cl2NO7/c1-7-40-22-13-17(11-12-21(22)37-4)25-23(26(34)18-14-19(31)29(39-6)24(32)28(18)38-5)27(35)30(36)33(25)20-10-8-9-15(2)16(20)3/h8-14,25,34H,7H2,1-6H3/b26-23+. The van der Waals surface area contributed by atoms with E-state index >= 15 is 0 Å². The summed E-state index contributed by atoms with van der Waals surface area (Å²) in [5, 5.41) is 11.8. The molecule has 1 atom stereocenters. The Balaban J connectivity index is 2.07. The molecule has 1 N–H and O–H groups in total. The first-order chi connectivity index (χ1) is 19.1. The highest BCUT2D eigenvalue weighted by Gasteiger charge is 2.48. The van der Waals surface area contributed by atoms with Crippen LogP contribution in [0.1, 0.15) is 35.2 Å². The van der Waals surface area contributed by atoms with Gasteiger partial charge in [-0.05, 0) is 61.7 Å². The van der Waals surface area contributed by atoms with E-state index in [9.17, 15) is 14.7 Å². The number of carbonyl (C=O) groups excluding carboxylic acids is 2. The molecule has 0 spiro atoms. The number of halogens is 2. The molecule has 0 aromatic heterocycles. The van der Waals surface area contributed by atoms with E-state index in [1.54, 1.807) is 30.3 Å². The van der Waals surface area contributed by atoms with Crippen molar-refractivity contribution in [3.05, 3.63) is 80.3 Å². The number of carbonyl (C=O) groups is 2. The number of anilines is 1. The first-order valence-corrected chi connectivity index (χ1v) is 13.1. The van der Waals surface area contributed by atoms with Crippen LogP contribution >= 0.6 is 23.2 Å². The van der Waals surface area contributed by atoms with Crippen molar-refractivity contribution in [1.82, 2.24) is 0 Å². The van der Waals surface area contributed by atoms with E-state index in [-0.39, 0.29) is 32.7 Å². The van der Waals surface area contributed by atoms with Gasteiger partial charge in [0.2, 0.25) is 0 Å². The maximum atomic E-state index is 13.7. The molecule has 0 aliphatic carbocycles. The Kier molecular flexibility index (Phi) is 8.51. The third-order valence-electron chi connectivity index (χ3n) is 6.88. The van der Waals surface area contributed by atoms with Crippen LogP contribution < -0.4 is 23.8 Å². The minimum Gasteiger partial charge on any atom is -0.507 e. The number of Topliss-reactive ketones (excluding diaryl/α,β-unsaturated/α-hetero) is 1. The second-order valence-corrected chi connectivity index (χ2v) is 9.80. The summed E-state index contributed by atoms with van der Waals surface area (Å²) in [6, 6.07) is 10.9. The van der Waals surface area contributed by atoms with E-state index in [2.05, 4.69) is 0 Å². The maximum Gasteiger partial charge on any atom is 0.300 e. The summed E-state index contributed by atoms with van der Waals surface area (Å²) in [6.45, 7) is 5.97. The number of aliphatic hydroxyl groups excluding tert-OH is 1. The molecule has 0 saturated carbocycles. The number of ketones is 1. The van der Waals surface area contributed by atoms with Crippen LogP contribution in [0.3, 0.4) is 0 Å². The van der Waals surface area contributed by atoms with Crippen LogP contribution in [0.4, 0.5) is 5.69 Å². The molecule has 0 radical (unpaired) electrons. The predicted octanol–water partition coefficient (Wildman–Crippen LogP) is 6.66. The van der Waals surface area contributed by atoms with Gasteiger partial charge in [-0.15, -0.1) is 0 Å². The van der Waals surface area contributed by atoms with Crippen molar-refractivity contribution in [3.63, 3.8) is 0 Å². The van der Waals surface area contributed by atoms with Gasteiger partial charge in [0, 0.05) is 5.69 Å². The third-order valence-corrected chi connectivity index (χ3v) is 7.50. The third kappa shape index (κ3) is 4.82. The molecular weight excluding hydrogens is 557 g/mol. The fourth-order valence-electron chi connectivity index (χ4n) is 4.82. The van der Waals surface area contributed by atoms with Gasteiger partial charge in [0.05, 0.1) is 50.1 Å². The maximum absolute atomic E-state index is 13.7. The van der Waals surface area contributed by atoms with E-state index < -0.39 is 23.5 Å². The van der Waals surface area contributed by atoms with Gasteiger partial charge in [-0.2, -0.15) is 0 Å². The second-order valence-electron chi connectivity index (χ2n) is 9.02. The van der Waals surface area contributed by atoms with E-state index in [0.717, 1.165) is 11.1 Å². The van der Waals surface area contributed by atoms with Crippen molar-refractivity contribution in [2.45, 2.75) is 26.8 Å². The van der Waals surface area contributed by atoms with Crippen LogP contribution in [0.5, 0.6) is 23.0 Å². The second kappa shape index (κ2) is 11.7. The van der Waals surface area contributed by atoms with E-state index in [1.807, 2.05) is 26.8 Å². The van der Waals surface area contributed by atoms with E-state index in [4.69, 9.17) is 42.1 Å².